The minimum atomic E-state index is -0.552. The van der Waals surface area contributed by atoms with Gasteiger partial charge >= 0.3 is 6.09 Å². The molecule has 1 unspecified atom stereocenters. The molecule has 2 aromatic heterocycles. The highest BCUT2D eigenvalue weighted by Gasteiger charge is 2.34. The first-order valence-electron chi connectivity index (χ1n) is 13.2. The van der Waals surface area contributed by atoms with Crippen LogP contribution in [0.2, 0.25) is 0 Å². The van der Waals surface area contributed by atoms with E-state index < -0.39 is 5.60 Å². The summed E-state index contributed by atoms with van der Waals surface area (Å²) in [5, 5.41) is 0.997. The van der Waals surface area contributed by atoms with E-state index in [1.165, 1.54) is 12.1 Å². The van der Waals surface area contributed by atoms with E-state index in [0.717, 1.165) is 47.4 Å². The van der Waals surface area contributed by atoms with Gasteiger partial charge in [0.15, 0.2) is 0 Å². The summed E-state index contributed by atoms with van der Waals surface area (Å²) in [6, 6.07) is 10.5. The van der Waals surface area contributed by atoms with Crippen molar-refractivity contribution in [2.45, 2.75) is 58.7 Å². The highest BCUT2D eigenvalue weighted by molar-refractivity contribution is 5.96. The smallest absolute Gasteiger partial charge is 0.410 e. The van der Waals surface area contributed by atoms with E-state index in [4.69, 9.17) is 9.72 Å². The van der Waals surface area contributed by atoms with Crippen LogP contribution in [0.5, 0.6) is 0 Å². The fourth-order valence-electron chi connectivity index (χ4n) is 5.38. The Morgan fingerprint density at radius 1 is 1.11 bits per heavy atom. The molecule has 0 saturated carbocycles. The molecule has 1 atom stereocenters. The second-order valence-corrected chi connectivity index (χ2v) is 11.4. The quantitative estimate of drug-likeness (QED) is 0.513. The van der Waals surface area contributed by atoms with Crippen LogP contribution in [0.15, 0.2) is 36.4 Å². The van der Waals surface area contributed by atoms with Crippen molar-refractivity contribution in [3.8, 4) is 0 Å². The summed E-state index contributed by atoms with van der Waals surface area (Å²) in [4.78, 5) is 36.5. The number of aryl methyl sites for hydroxylation is 1. The zero-order valence-electron chi connectivity index (χ0n) is 22.8. The zero-order valence-corrected chi connectivity index (χ0v) is 22.8. The highest BCUT2D eigenvalue weighted by atomic mass is 19.1. The van der Waals surface area contributed by atoms with Crippen LogP contribution in [0.1, 0.15) is 44.5 Å². The first-order valence-corrected chi connectivity index (χ1v) is 13.2. The molecular weight excluding hydrogens is 485 g/mol. The van der Waals surface area contributed by atoms with Gasteiger partial charge in [-0.05, 0) is 63.9 Å². The van der Waals surface area contributed by atoms with Crippen LogP contribution < -0.4 is 4.90 Å². The number of anilines is 1. The second-order valence-electron chi connectivity index (χ2n) is 11.4. The predicted octanol–water partition coefficient (Wildman–Crippen LogP) is 4.29. The van der Waals surface area contributed by atoms with Crippen LogP contribution in [-0.4, -0.2) is 69.2 Å². The molecule has 1 saturated heterocycles. The van der Waals surface area contributed by atoms with Gasteiger partial charge in [0.2, 0.25) is 5.91 Å². The van der Waals surface area contributed by atoms with Crippen molar-refractivity contribution in [3.05, 3.63) is 59.0 Å². The fraction of sp³-hybridized carbons (Fsp3) is 0.483. The van der Waals surface area contributed by atoms with Gasteiger partial charge in [0, 0.05) is 55.8 Å². The third-order valence-electron chi connectivity index (χ3n) is 7.44. The summed E-state index contributed by atoms with van der Waals surface area (Å²) in [7, 11) is 2.00. The van der Waals surface area contributed by atoms with Crippen molar-refractivity contribution >= 4 is 28.9 Å². The molecule has 0 aliphatic carbocycles. The molecule has 8 nitrogen and oxygen atoms in total. The van der Waals surface area contributed by atoms with E-state index >= 15 is 0 Å². The molecule has 1 aromatic carbocycles. The molecule has 2 aliphatic rings. The van der Waals surface area contributed by atoms with Crippen molar-refractivity contribution in [3.63, 3.8) is 0 Å². The summed E-state index contributed by atoms with van der Waals surface area (Å²) in [5.41, 5.74) is 3.57. The molecule has 2 amide bonds. The van der Waals surface area contributed by atoms with Gasteiger partial charge in [-0.1, -0.05) is 12.1 Å². The molecule has 0 bridgehead atoms. The van der Waals surface area contributed by atoms with Crippen LogP contribution in [0.3, 0.4) is 0 Å². The van der Waals surface area contributed by atoms with E-state index in [1.54, 1.807) is 21.9 Å². The van der Waals surface area contributed by atoms with Gasteiger partial charge in [0.25, 0.3) is 0 Å². The third kappa shape index (κ3) is 5.25. The predicted molar refractivity (Wildman–Crippen MR) is 145 cm³/mol. The second kappa shape index (κ2) is 10.0. The Morgan fingerprint density at radius 3 is 2.53 bits per heavy atom. The molecule has 4 heterocycles. The van der Waals surface area contributed by atoms with Crippen LogP contribution >= 0.6 is 0 Å². The topological polar surface area (TPSA) is 70.9 Å². The summed E-state index contributed by atoms with van der Waals surface area (Å²) in [6.45, 7) is 10.5. The molecule has 38 heavy (non-hydrogen) atoms. The average molecular weight is 522 g/mol. The Labute approximate surface area is 223 Å². The van der Waals surface area contributed by atoms with Gasteiger partial charge in [0.1, 0.15) is 22.9 Å². The average Bonchev–Trinajstić information content (AvgIpc) is 3.12. The molecule has 2 aliphatic heterocycles. The first-order chi connectivity index (χ1) is 18.0. The van der Waals surface area contributed by atoms with Gasteiger partial charge in [-0.2, -0.15) is 0 Å². The number of halogens is 1. The maximum absolute atomic E-state index is 13.2. The highest BCUT2D eigenvalue weighted by Crippen LogP contribution is 2.33. The van der Waals surface area contributed by atoms with Crippen molar-refractivity contribution in [1.29, 1.82) is 0 Å². The van der Waals surface area contributed by atoms with Crippen LogP contribution in [0.4, 0.5) is 15.0 Å². The number of pyridine rings is 1. The molecule has 0 N–H and O–H groups in total. The van der Waals surface area contributed by atoms with E-state index in [2.05, 4.69) is 9.47 Å². The summed E-state index contributed by atoms with van der Waals surface area (Å²) >= 11 is 0. The first kappa shape index (κ1) is 26.2. The number of aromatic nitrogens is 2. The number of hydrogen-bond donors (Lipinski definition) is 0. The number of hydrogen-bond acceptors (Lipinski definition) is 5. The molecule has 202 valence electrons. The summed E-state index contributed by atoms with van der Waals surface area (Å²) < 4.78 is 20.9. The number of rotatable bonds is 4. The molecule has 0 spiro atoms. The number of carbonyl (C=O) groups is 2. The van der Waals surface area contributed by atoms with Gasteiger partial charge < -0.3 is 14.2 Å². The summed E-state index contributed by atoms with van der Waals surface area (Å²) in [5.74, 6) is 0.428. The minimum Gasteiger partial charge on any atom is -0.444 e. The molecule has 5 rings (SSSR count). The zero-order chi connectivity index (χ0) is 27.2. The maximum Gasteiger partial charge on any atom is 0.410 e. The molecule has 9 heteroatoms. The number of amides is 2. The largest absolute Gasteiger partial charge is 0.444 e. The molecule has 1 fully saturated rings. The summed E-state index contributed by atoms with van der Waals surface area (Å²) in [6.07, 6.45) is 1.17. The van der Waals surface area contributed by atoms with Crippen LogP contribution in [-0.2, 0) is 36.0 Å². The normalized spacial score (nSPS) is 18.7. The lowest BCUT2D eigenvalue weighted by Gasteiger charge is -2.35. The Kier molecular flexibility index (Phi) is 6.90. The van der Waals surface area contributed by atoms with E-state index in [1.807, 2.05) is 46.9 Å². The maximum atomic E-state index is 13.2. The third-order valence-corrected chi connectivity index (χ3v) is 7.44. The number of benzene rings is 1. The monoisotopic (exact) mass is 521 g/mol. The molecule has 3 aromatic rings. The van der Waals surface area contributed by atoms with E-state index in [-0.39, 0.29) is 23.9 Å². The van der Waals surface area contributed by atoms with Crippen molar-refractivity contribution in [2.75, 3.05) is 31.1 Å². The Hall–Kier alpha value is -3.46. The number of fused-ring (bicyclic) bond motifs is 3. The van der Waals surface area contributed by atoms with Crippen molar-refractivity contribution in [1.82, 2.24) is 19.4 Å². The standard InChI is InChI=1S/C29H36FN5O3/c1-19-16-24-23(17-35(19)28(37)38-29(2,3)4)22-10-11-25(31-27(22)32(24)5)34-15-14-33(18-26(34)36)13-12-20-6-8-21(30)9-7-20/h6-11,19H,12-18H2,1-5H3. The fourth-order valence-corrected chi connectivity index (χ4v) is 5.38. The van der Waals surface area contributed by atoms with Crippen LogP contribution in [0.25, 0.3) is 11.0 Å². The SMILES string of the molecule is CC1Cc2c(c3ccc(N4CCN(CCc5ccc(F)cc5)CC4=O)nc3n2C)CN1C(=O)OC(C)(C)C. The van der Waals surface area contributed by atoms with Crippen molar-refractivity contribution < 1.29 is 18.7 Å². The minimum absolute atomic E-state index is 0.00407. The van der Waals surface area contributed by atoms with E-state index in [9.17, 15) is 14.0 Å². The van der Waals surface area contributed by atoms with Gasteiger partial charge in [0.05, 0.1) is 13.1 Å². The van der Waals surface area contributed by atoms with Crippen molar-refractivity contribution in [2.24, 2.45) is 7.05 Å². The molecule has 0 radical (unpaired) electrons. The number of carbonyl (C=O) groups excluding carboxylic acids is 2. The number of ether oxygens (including phenoxy) is 1. The van der Waals surface area contributed by atoms with Gasteiger partial charge in [-0.25, -0.2) is 14.2 Å². The Balaban J connectivity index is 1.30. The Bertz CT molecular complexity index is 1360. The number of nitrogens with zero attached hydrogens (tertiary/aromatic N) is 5. The lowest BCUT2D eigenvalue weighted by Crippen LogP contribution is -2.51. The van der Waals surface area contributed by atoms with Gasteiger partial charge in [-0.3, -0.25) is 14.6 Å². The van der Waals surface area contributed by atoms with E-state index in [0.29, 0.717) is 31.9 Å². The lowest BCUT2D eigenvalue weighted by atomic mass is 10.00. The number of piperazine rings is 1. The van der Waals surface area contributed by atoms with Crippen LogP contribution in [0, 0.1) is 5.82 Å². The Morgan fingerprint density at radius 2 is 1.84 bits per heavy atom. The lowest BCUT2D eigenvalue weighted by molar-refractivity contribution is -0.121. The molecular formula is C29H36FN5O3. The van der Waals surface area contributed by atoms with Gasteiger partial charge in [-0.15, -0.1) is 0 Å².